The lowest BCUT2D eigenvalue weighted by Crippen LogP contribution is -2.44. The summed E-state index contributed by atoms with van der Waals surface area (Å²) in [7, 11) is 0. The quantitative estimate of drug-likeness (QED) is 0.916. The van der Waals surface area contributed by atoms with E-state index in [-0.39, 0.29) is 5.56 Å². The Kier molecular flexibility index (Phi) is 3.11. The molecule has 0 saturated carbocycles. The minimum atomic E-state index is 0.00580. The number of likely N-dealkylation sites (tertiary alicyclic amines) is 1. The molecular weight excluding hydrogens is 238 g/mol. The highest BCUT2D eigenvalue weighted by Gasteiger charge is 2.23. The summed E-state index contributed by atoms with van der Waals surface area (Å²) in [4.78, 5) is 21.6. The van der Waals surface area contributed by atoms with E-state index in [2.05, 4.69) is 21.8 Å². The number of aryl methyl sites for hydroxylation is 1. The third-order valence-corrected chi connectivity index (χ3v) is 4.05. The van der Waals surface area contributed by atoms with Gasteiger partial charge in [-0.15, -0.1) is 0 Å². The van der Waals surface area contributed by atoms with E-state index in [0.717, 1.165) is 36.1 Å². The number of fused-ring (bicyclic) bond motifs is 1. The zero-order valence-corrected chi connectivity index (χ0v) is 11.4. The molecule has 4 nitrogen and oxygen atoms in total. The standard InChI is InChI=1S/C15H19N3O/c1-3-12-7-13-14(17-15(12)19)6-11(8-16-13)9-18-5-4-10(18)2/h6-8,10H,3-5,9H2,1-2H3,(H,17,19). The molecule has 0 bridgehead atoms. The minimum absolute atomic E-state index is 0.00580. The zero-order chi connectivity index (χ0) is 13.4. The maximum Gasteiger partial charge on any atom is 0.251 e. The lowest BCUT2D eigenvalue weighted by Gasteiger charge is -2.38. The van der Waals surface area contributed by atoms with Crippen LogP contribution in [0.25, 0.3) is 11.0 Å². The highest BCUT2D eigenvalue weighted by atomic mass is 16.1. The molecule has 19 heavy (non-hydrogen) atoms. The average molecular weight is 257 g/mol. The highest BCUT2D eigenvalue weighted by molar-refractivity contribution is 5.74. The van der Waals surface area contributed by atoms with Crippen molar-refractivity contribution in [2.75, 3.05) is 6.54 Å². The van der Waals surface area contributed by atoms with Gasteiger partial charge >= 0.3 is 0 Å². The fourth-order valence-electron chi connectivity index (χ4n) is 2.56. The van der Waals surface area contributed by atoms with Crippen LogP contribution in [0.1, 0.15) is 31.4 Å². The van der Waals surface area contributed by atoms with Crippen molar-refractivity contribution in [2.24, 2.45) is 0 Å². The van der Waals surface area contributed by atoms with Crippen LogP contribution >= 0.6 is 0 Å². The summed E-state index contributed by atoms with van der Waals surface area (Å²) >= 11 is 0. The van der Waals surface area contributed by atoms with Crippen LogP contribution in [0.15, 0.2) is 23.1 Å². The van der Waals surface area contributed by atoms with E-state index < -0.39 is 0 Å². The average Bonchev–Trinajstić information content (AvgIpc) is 2.42. The second-order valence-electron chi connectivity index (χ2n) is 5.36. The lowest BCUT2D eigenvalue weighted by atomic mass is 10.0. The molecule has 1 fully saturated rings. The fourth-order valence-corrected chi connectivity index (χ4v) is 2.56. The van der Waals surface area contributed by atoms with Crippen molar-refractivity contribution < 1.29 is 0 Å². The smallest absolute Gasteiger partial charge is 0.251 e. The zero-order valence-electron chi connectivity index (χ0n) is 11.4. The first-order valence-corrected chi connectivity index (χ1v) is 6.92. The van der Waals surface area contributed by atoms with Crippen molar-refractivity contribution in [3.63, 3.8) is 0 Å². The van der Waals surface area contributed by atoms with Gasteiger partial charge in [-0.2, -0.15) is 0 Å². The molecule has 1 N–H and O–H groups in total. The number of aromatic nitrogens is 2. The summed E-state index contributed by atoms with van der Waals surface area (Å²) < 4.78 is 0. The number of hydrogen-bond donors (Lipinski definition) is 1. The predicted octanol–water partition coefficient (Wildman–Crippen LogP) is 2.08. The van der Waals surface area contributed by atoms with Gasteiger partial charge in [-0.3, -0.25) is 14.7 Å². The first-order chi connectivity index (χ1) is 9.17. The number of rotatable bonds is 3. The maximum atomic E-state index is 11.8. The molecule has 100 valence electrons. The third-order valence-electron chi connectivity index (χ3n) is 4.05. The van der Waals surface area contributed by atoms with E-state index in [0.29, 0.717) is 6.04 Å². The maximum absolute atomic E-state index is 11.8. The van der Waals surface area contributed by atoms with Gasteiger partial charge in [-0.25, -0.2) is 0 Å². The van der Waals surface area contributed by atoms with Crippen molar-refractivity contribution in [2.45, 2.75) is 39.3 Å². The molecule has 0 aliphatic carbocycles. The van der Waals surface area contributed by atoms with Crippen LogP contribution in [0, 0.1) is 0 Å². The van der Waals surface area contributed by atoms with Crippen LogP contribution in [0.5, 0.6) is 0 Å². The van der Waals surface area contributed by atoms with E-state index in [9.17, 15) is 4.79 Å². The van der Waals surface area contributed by atoms with Crippen LogP contribution < -0.4 is 5.56 Å². The first kappa shape index (κ1) is 12.4. The van der Waals surface area contributed by atoms with Gasteiger partial charge in [-0.05, 0) is 37.5 Å². The number of hydrogen-bond acceptors (Lipinski definition) is 3. The first-order valence-electron chi connectivity index (χ1n) is 6.92. The normalized spacial score (nSPS) is 19.6. The molecule has 3 heterocycles. The van der Waals surface area contributed by atoms with E-state index in [1.165, 1.54) is 12.0 Å². The molecule has 0 spiro atoms. The highest BCUT2D eigenvalue weighted by Crippen LogP contribution is 2.20. The number of H-pyrrole nitrogens is 1. The second kappa shape index (κ2) is 4.78. The monoisotopic (exact) mass is 257 g/mol. The molecule has 1 unspecified atom stereocenters. The van der Waals surface area contributed by atoms with E-state index >= 15 is 0 Å². The van der Waals surface area contributed by atoms with Crippen LogP contribution in [0.2, 0.25) is 0 Å². The molecule has 0 amide bonds. The molecule has 0 aromatic carbocycles. The summed E-state index contributed by atoms with van der Waals surface area (Å²) in [5.41, 5.74) is 3.68. The Labute approximate surface area is 112 Å². The molecule has 1 atom stereocenters. The van der Waals surface area contributed by atoms with Crippen LogP contribution in [-0.4, -0.2) is 27.5 Å². The largest absolute Gasteiger partial charge is 0.320 e. The Morgan fingerprint density at radius 3 is 2.95 bits per heavy atom. The molecule has 1 aliphatic rings. The van der Waals surface area contributed by atoms with Crippen LogP contribution in [-0.2, 0) is 13.0 Å². The molecule has 3 rings (SSSR count). The van der Waals surface area contributed by atoms with Crippen molar-refractivity contribution in [3.05, 3.63) is 39.8 Å². The van der Waals surface area contributed by atoms with Gasteiger partial charge in [0.1, 0.15) is 0 Å². The van der Waals surface area contributed by atoms with E-state index in [4.69, 9.17) is 0 Å². The minimum Gasteiger partial charge on any atom is -0.320 e. The van der Waals surface area contributed by atoms with Crippen molar-refractivity contribution in [3.8, 4) is 0 Å². The van der Waals surface area contributed by atoms with E-state index in [1.807, 2.05) is 25.3 Å². The Hall–Kier alpha value is -1.68. The van der Waals surface area contributed by atoms with Crippen LogP contribution in [0.3, 0.4) is 0 Å². The molecular formula is C15H19N3O. The van der Waals surface area contributed by atoms with Gasteiger partial charge in [-0.1, -0.05) is 6.92 Å². The summed E-state index contributed by atoms with van der Waals surface area (Å²) in [6, 6.07) is 4.61. The fraction of sp³-hybridized carbons (Fsp3) is 0.467. The van der Waals surface area contributed by atoms with Gasteiger partial charge in [0.15, 0.2) is 0 Å². The lowest BCUT2D eigenvalue weighted by molar-refractivity contribution is 0.0959. The molecule has 1 saturated heterocycles. The van der Waals surface area contributed by atoms with Gasteiger partial charge in [0, 0.05) is 30.9 Å². The molecule has 2 aromatic heterocycles. The Balaban J connectivity index is 1.94. The summed E-state index contributed by atoms with van der Waals surface area (Å²) in [5, 5.41) is 0. The van der Waals surface area contributed by atoms with Gasteiger partial charge in [0.05, 0.1) is 11.0 Å². The Morgan fingerprint density at radius 1 is 1.47 bits per heavy atom. The van der Waals surface area contributed by atoms with Crippen molar-refractivity contribution in [1.29, 1.82) is 0 Å². The van der Waals surface area contributed by atoms with Gasteiger partial charge in [0.25, 0.3) is 5.56 Å². The summed E-state index contributed by atoms with van der Waals surface area (Å²) in [5.74, 6) is 0. The number of nitrogens with zero attached hydrogens (tertiary/aromatic N) is 2. The van der Waals surface area contributed by atoms with Crippen molar-refractivity contribution >= 4 is 11.0 Å². The van der Waals surface area contributed by atoms with Gasteiger partial charge in [0.2, 0.25) is 0 Å². The Bertz CT molecular complexity index is 662. The topological polar surface area (TPSA) is 49.0 Å². The molecule has 2 aromatic rings. The Morgan fingerprint density at radius 2 is 2.32 bits per heavy atom. The summed E-state index contributed by atoms with van der Waals surface area (Å²) in [6.45, 7) is 6.30. The van der Waals surface area contributed by atoms with Crippen molar-refractivity contribution in [1.82, 2.24) is 14.9 Å². The summed E-state index contributed by atoms with van der Waals surface area (Å²) in [6.07, 6.45) is 3.93. The molecule has 1 aliphatic heterocycles. The van der Waals surface area contributed by atoms with E-state index in [1.54, 1.807) is 0 Å². The number of pyridine rings is 2. The third kappa shape index (κ3) is 2.28. The SMILES string of the molecule is CCc1cc2ncc(CN3CCC3C)cc2[nH]c1=O. The van der Waals surface area contributed by atoms with Crippen LogP contribution in [0.4, 0.5) is 0 Å². The molecule has 0 radical (unpaired) electrons. The predicted molar refractivity (Wildman–Crippen MR) is 76.2 cm³/mol. The number of nitrogens with one attached hydrogen (secondary N) is 1. The second-order valence-corrected chi connectivity index (χ2v) is 5.36. The molecule has 4 heteroatoms. The number of aromatic amines is 1. The van der Waals surface area contributed by atoms with Gasteiger partial charge < -0.3 is 4.98 Å².